The summed E-state index contributed by atoms with van der Waals surface area (Å²) in [6, 6.07) is 12.4. The van der Waals surface area contributed by atoms with Crippen molar-refractivity contribution in [1.82, 2.24) is 4.90 Å². The van der Waals surface area contributed by atoms with E-state index in [4.69, 9.17) is 4.74 Å². The molecule has 0 saturated carbocycles. The molecule has 1 saturated heterocycles. The number of nitrogens with one attached hydrogen (secondary N) is 1. The predicted molar refractivity (Wildman–Crippen MR) is 108 cm³/mol. The number of anilines is 1. The van der Waals surface area contributed by atoms with Crippen LogP contribution in [0.3, 0.4) is 0 Å². The minimum Gasteiger partial charge on any atom is -0.484 e. The second-order valence-electron chi connectivity index (χ2n) is 7.01. The van der Waals surface area contributed by atoms with Crippen molar-refractivity contribution >= 4 is 23.2 Å². The molecule has 8 heteroatoms. The van der Waals surface area contributed by atoms with E-state index in [0.717, 1.165) is 25.8 Å². The molecule has 8 nitrogen and oxygen atoms in total. The third-order valence-corrected chi connectivity index (χ3v) is 4.92. The number of carbonyl (C=O) groups excluding carboxylic acids is 2. The average Bonchev–Trinajstić information content (AvgIpc) is 2.73. The molecule has 0 spiro atoms. The number of nitro benzene ring substituents is 1. The summed E-state index contributed by atoms with van der Waals surface area (Å²) >= 11 is 0. The van der Waals surface area contributed by atoms with Crippen LogP contribution in [0.1, 0.15) is 36.5 Å². The van der Waals surface area contributed by atoms with Crippen LogP contribution in [0.25, 0.3) is 0 Å². The third kappa shape index (κ3) is 5.31. The second kappa shape index (κ2) is 9.18. The first-order valence-electron chi connectivity index (χ1n) is 9.52. The standard InChI is InChI=1S/C21H23N3O5/c1-15-5-2-3-12-23(15)20(25)14-29-19-10-8-17(9-11-19)22-21(26)16-6-4-7-18(13-16)24(27)28/h4,6-11,13,15H,2-3,5,12,14H2,1H3,(H,22,26)/t15-/m1/s1. The fraction of sp³-hybridized carbons (Fsp3) is 0.333. The first-order chi connectivity index (χ1) is 13.9. The van der Waals surface area contributed by atoms with Crippen LogP contribution in [-0.4, -0.2) is 40.8 Å². The molecule has 0 unspecified atom stereocenters. The number of hydrogen-bond acceptors (Lipinski definition) is 5. The number of hydrogen-bond donors (Lipinski definition) is 1. The summed E-state index contributed by atoms with van der Waals surface area (Å²) in [5.74, 6) is 0.0493. The SMILES string of the molecule is C[C@@H]1CCCCN1C(=O)COc1ccc(NC(=O)c2cccc([N+](=O)[O-])c2)cc1. The normalized spacial score (nSPS) is 16.2. The van der Waals surface area contributed by atoms with Gasteiger partial charge in [-0.2, -0.15) is 0 Å². The van der Waals surface area contributed by atoms with Crippen molar-refractivity contribution < 1.29 is 19.2 Å². The Morgan fingerprint density at radius 1 is 1.21 bits per heavy atom. The number of ether oxygens (including phenoxy) is 1. The number of benzene rings is 2. The van der Waals surface area contributed by atoms with Gasteiger partial charge in [-0.15, -0.1) is 0 Å². The number of rotatable bonds is 6. The molecule has 0 aliphatic carbocycles. The first kappa shape index (κ1) is 20.3. The molecular weight excluding hydrogens is 374 g/mol. The van der Waals surface area contributed by atoms with Crippen molar-refractivity contribution in [2.24, 2.45) is 0 Å². The fourth-order valence-corrected chi connectivity index (χ4v) is 3.30. The molecule has 1 heterocycles. The van der Waals surface area contributed by atoms with Crippen LogP contribution in [0.4, 0.5) is 11.4 Å². The second-order valence-corrected chi connectivity index (χ2v) is 7.01. The summed E-state index contributed by atoms with van der Waals surface area (Å²) in [4.78, 5) is 36.7. The molecule has 1 N–H and O–H groups in total. The van der Waals surface area contributed by atoms with E-state index >= 15 is 0 Å². The van der Waals surface area contributed by atoms with Gasteiger partial charge in [0, 0.05) is 36.0 Å². The summed E-state index contributed by atoms with van der Waals surface area (Å²) in [5, 5.41) is 13.5. The smallest absolute Gasteiger partial charge is 0.270 e. The highest BCUT2D eigenvalue weighted by atomic mass is 16.6. The zero-order valence-corrected chi connectivity index (χ0v) is 16.2. The molecule has 2 amide bonds. The highest BCUT2D eigenvalue weighted by molar-refractivity contribution is 6.04. The van der Waals surface area contributed by atoms with Gasteiger partial charge >= 0.3 is 0 Å². The molecular formula is C21H23N3O5. The molecule has 1 atom stereocenters. The summed E-state index contributed by atoms with van der Waals surface area (Å²) in [7, 11) is 0. The maximum atomic E-state index is 12.3. The Balaban J connectivity index is 1.54. The van der Waals surface area contributed by atoms with Gasteiger partial charge in [-0.1, -0.05) is 6.07 Å². The van der Waals surface area contributed by atoms with Crippen LogP contribution >= 0.6 is 0 Å². The molecule has 1 aliphatic heterocycles. The Kier molecular flexibility index (Phi) is 6.43. The molecule has 2 aromatic rings. The number of amides is 2. The largest absolute Gasteiger partial charge is 0.484 e. The van der Waals surface area contributed by atoms with Gasteiger partial charge in [-0.3, -0.25) is 19.7 Å². The molecule has 0 bridgehead atoms. The van der Waals surface area contributed by atoms with Crippen molar-refractivity contribution in [2.45, 2.75) is 32.2 Å². The molecule has 1 fully saturated rings. The Labute approximate surface area is 168 Å². The van der Waals surface area contributed by atoms with E-state index in [1.165, 1.54) is 24.3 Å². The number of carbonyl (C=O) groups is 2. The van der Waals surface area contributed by atoms with E-state index in [-0.39, 0.29) is 29.8 Å². The number of likely N-dealkylation sites (tertiary alicyclic amines) is 1. The van der Waals surface area contributed by atoms with Crippen LogP contribution in [-0.2, 0) is 4.79 Å². The topological polar surface area (TPSA) is 102 Å². The van der Waals surface area contributed by atoms with Gasteiger partial charge in [0.1, 0.15) is 5.75 Å². The van der Waals surface area contributed by atoms with Gasteiger partial charge in [0.2, 0.25) is 0 Å². The van der Waals surface area contributed by atoms with Crippen LogP contribution in [0, 0.1) is 10.1 Å². The van der Waals surface area contributed by atoms with Crippen molar-refractivity contribution in [2.75, 3.05) is 18.5 Å². The first-order valence-corrected chi connectivity index (χ1v) is 9.52. The number of nitrogens with zero attached hydrogens (tertiary/aromatic N) is 2. The van der Waals surface area contributed by atoms with E-state index in [1.54, 1.807) is 24.3 Å². The summed E-state index contributed by atoms with van der Waals surface area (Å²) < 4.78 is 5.58. The van der Waals surface area contributed by atoms with E-state index < -0.39 is 10.8 Å². The third-order valence-electron chi connectivity index (χ3n) is 4.92. The predicted octanol–water partition coefficient (Wildman–Crippen LogP) is 3.63. The Bertz CT molecular complexity index is 897. The molecule has 3 rings (SSSR count). The van der Waals surface area contributed by atoms with Crippen molar-refractivity contribution in [3.05, 3.63) is 64.2 Å². The van der Waals surface area contributed by atoms with Crippen LogP contribution < -0.4 is 10.1 Å². The Hall–Kier alpha value is -3.42. The lowest BCUT2D eigenvalue weighted by atomic mass is 10.0. The lowest BCUT2D eigenvalue weighted by molar-refractivity contribution is -0.384. The summed E-state index contributed by atoms with van der Waals surface area (Å²) in [5.41, 5.74) is 0.569. The Morgan fingerprint density at radius 3 is 2.66 bits per heavy atom. The van der Waals surface area contributed by atoms with Crippen molar-refractivity contribution in [1.29, 1.82) is 0 Å². The molecule has 29 heavy (non-hydrogen) atoms. The van der Waals surface area contributed by atoms with E-state index in [1.807, 2.05) is 4.90 Å². The summed E-state index contributed by atoms with van der Waals surface area (Å²) in [6.07, 6.45) is 3.19. The molecule has 1 aliphatic rings. The highest BCUT2D eigenvalue weighted by Crippen LogP contribution is 2.20. The van der Waals surface area contributed by atoms with E-state index in [9.17, 15) is 19.7 Å². The van der Waals surface area contributed by atoms with Gasteiger partial charge < -0.3 is 15.0 Å². The van der Waals surface area contributed by atoms with Crippen LogP contribution in [0.5, 0.6) is 5.75 Å². The lowest BCUT2D eigenvalue weighted by Gasteiger charge is -2.33. The van der Waals surface area contributed by atoms with Gasteiger partial charge in [0.05, 0.1) is 4.92 Å². The quantitative estimate of drug-likeness (QED) is 0.592. The van der Waals surface area contributed by atoms with Crippen LogP contribution in [0.2, 0.25) is 0 Å². The molecule has 0 radical (unpaired) electrons. The average molecular weight is 397 g/mol. The zero-order valence-electron chi connectivity index (χ0n) is 16.2. The number of non-ortho nitro benzene ring substituents is 1. The number of piperidine rings is 1. The van der Waals surface area contributed by atoms with Gasteiger partial charge in [0.15, 0.2) is 6.61 Å². The molecule has 2 aromatic carbocycles. The van der Waals surface area contributed by atoms with E-state index in [2.05, 4.69) is 12.2 Å². The highest BCUT2D eigenvalue weighted by Gasteiger charge is 2.23. The maximum Gasteiger partial charge on any atom is 0.270 e. The summed E-state index contributed by atoms with van der Waals surface area (Å²) in [6.45, 7) is 2.80. The Morgan fingerprint density at radius 2 is 1.97 bits per heavy atom. The maximum absolute atomic E-state index is 12.3. The van der Waals surface area contributed by atoms with Gasteiger partial charge in [0.25, 0.3) is 17.5 Å². The monoisotopic (exact) mass is 397 g/mol. The molecule has 152 valence electrons. The minimum atomic E-state index is -0.547. The van der Waals surface area contributed by atoms with Crippen molar-refractivity contribution in [3.8, 4) is 5.75 Å². The number of nitro groups is 1. The minimum absolute atomic E-state index is 0.0241. The van der Waals surface area contributed by atoms with Crippen LogP contribution in [0.15, 0.2) is 48.5 Å². The van der Waals surface area contributed by atoms with E-state index in [0.29, 0.717) is 11.4 Å². The van der Waals surface area contributed by atoms with Crippen molar-refractivity contribution in [3.63, 3.8) is 0 Å². The lowest BCUT2D eigenvalue weighted by Crippen LogP contribution is -2.44. The zero-order chi connectivity index (χ0) is 20.8. The fourth-order valence-electron chi connectivity index (χ4n) is 3.30. The molecule has 0 aromatic heterocycles. The van der Waals surface area contributed by atoms with Gasteiger partial charge in [-0.05, 0) is 56.5 Å². The van der Waals surface area contributed by atoms with Gasteiger partial charge in [-0.25, -0.2) is 0 Å².